The van der Waals surface area contributed by atoms with Gasteiger partial charge in [-0.25, -0.2) is 9.59 Å². The van der Waals surface area contributed by atoms with Gasteiger partial charge in [0.1, 0.15) is 5.60 Å². The summed E-state index contributed by atoms with van der Waals surface area (Å²) in [6.45, 7) is 7.80. The monoisotopic (exact) mass is 457 g/mol. The van der Waals surface area contributed by atoms with Crippen molar-refractivity contribution in [2.75, 3.05) is 39.4 Å². The largest absolute Gasteiger partial charge is 0.444 e. The molecule has 2 aliphatic heterocycles. The van der Waals surface area contributed by atoms with Crippen LogP contribution in [0, 0.1) is 0 Å². The summed E-state index contributed by atoms with van der Waals surface area (Å²) in [5.74, 6) is -0.226. The fourth-order valence-corrected chi connectivity index (χ4v) is 3.97. The number of alkyl carbamates (subject to hydrolysis) is 1. The Kier molecular flexibility index (Phi) is 7.22. The van der Waals surface area contributed by atoms with E-state index in [2.05, 4.69) is 5.32 Å². The predicted molar refractivity (Wildman–Crippen MR) is 111 cm³/mol. The number of benzene rings is 1. The van der Waals surface area contributed by atoms with Crippen LogP contribution in [0.5, 0.6) is 0 Å². The number of halogens is 3. The first kappa shape index (κ1) is 24.2. The van der Waals surface area contributed by atoms with E-state index in [9.17, 15) is 22.8 Å². The number of rotatable bonds is 2. The maximum Gasteiger partial charge on any atom is 0.416 e. The molecule has 3 amide bonds. The third-order valence-electron chi connectivity index (χ3n) is 5.43. The Bertz CT molecular complexity index is 802. The maximum absolute atomic E-state index is 13.1. The molecule has 7 nitrogen and oxygen atoms in total. The molecule has 32 heavy (non-hydrogen) atoms. The Morgan fingerprint density at radius 1 is 1.03 bits per heavy atom. The van der Waals surface area contributed by atoms with Gasteiger partial charge in [-0.1, -0.05) is 12.1 Å². The van der Waals surface area contributed by atoms with Gasteiger partial charge in [0.2, 0.25) is 0 Å². The summed E-state index contributed by atoms with van der Waals surface area (Å²) in [5, 5.41) is 2.82. The van der Waals surface area contributed by atoms with E-state index in [0.717, 1.165) is 12.1 Å². The fraction of sp³-hybridized carbons (Fsp3) is 0.636. The Morgan fingerprint density at radius 3 is 2.22 bits per heavy atom. The number of morpholine rings is 1. The number of carbonyl (C=O) groups excluding carboxylic acids is 2. The number of likely N-dealkylation sites (tertiary alicyclic amines) is 1. The van der Waals surface area contributed by atoms with Crippen molar-refractivity contribution in [2.24, 2.45) is 0 Å². The molecule has 2 atom stereocenters. The number of alkyl halides is 3. The normalized spacial score (nSPS) is 22.4. The smallest absolute Gasteiger partial charge is 0.416 e. The second kappa shape index (κ2) is 9.56. The molecule has 1 N–H and O–H groups in total. The molecule has 2 saturated heterocycles. The van der Waals surface area contributed by atoms with Crippen molar-refractivity contribution in [3.05, 3.63) is 35.4 Å². The average molecular weight is 457 g/mol. The summed E-state index contributed by atoms with van der Waals surface area (Å²) < 4.78 is 49.5. The van der Waals surface area contributed by atoms with Crippen LogP contribution in [-0.2, 0) is 15.7 Å². The minimum Gasteiger partial charge on any atom is -0.444 e. The lowest BCUT2D eigenvalue weighted by atomic mass is 9.87. The van der Waals surface area contributed by atoms with Crippen molar-refractivity contribution < 1.29 is 32.2 Å². The molecule has 2 aliphatic rings. The molecule has 2 heterocycles. The first-order chi connectivity index (χ1) is 14.9. The van der Waals surface area contributed by atoms with E-state index in [-0.39, 0.29) is 11.9 Å². The molecule has 0 aliphatic carbocycles. The van der Waals surface area contributed by atoms with Gasteiger partial charge in [0.15, 0.2) is 0 Å². The van der Waals surface area contributed by atoms with Crippen LogP contribution in [0.3, 0.4) is 0 Å². The van der Waals surface area contributed by atoms with Gasteiger partial charge in [-0.05, 0) is 44.9 Å². The number of hydrogen-bond acceptors (Lipinski definition) is 4. The lowest BCUT2D eigenvalue weighted by molar-refractivity contribution is -0.137. The van der Waals surface area contributed by atoms with E-state index in [1.165, 1.54) is 12.1 Å². The van der Waals surface area contributed by atoms with Crippen molar-refractivity contribution in [2.45, 2.75) is 50.9 Å². The zero-order valence-corrected chi connectivity index (χ0v) is 18.6. The molecular weight excluding hydrogens is 427 g/mol. The highest BCUT2D eigenvalue weighted by Gasteiger charge is 2.35. The second-order valence-corrected chi connectivity index (χ2v) is 9.18. The number of ether oxygens (including phenoxy) is 2. The van der Waals surface area contributed by atoms with E-state index < -0.39 is 29.5 Å². The lowest BCUT2D eigenvalue weighted by Crippen LogP contribution is -2.56. The van der Waals surface area contributed by atoms with Crippen LogP contribution in [0.1, 0.15) is 44.2 Å². The van der Waals surface area contributed by atoms with E-state index in [4.69, 9.17) is 9.47 Å². The van der Waals surface area contributed by atoms with Gasteiger partial charge >= 0.3 is 18.3 Å². The van der Waals surface area contributed by atoms with Gasteiger partial charge in [-0.3, -0.25) is 0 Å². The van der Waals surface area contributed by atoms with Gasteiger partial charge in [-0.2, -0.15) is 13.2 Å². The van der Waals surface area contributed by atoms with Gasteiger partial charge in [0.25, 0.3) is 0 Å². The molecule has 178 valence electrons. The third kappa shape index (κ3) is 6.51. The van der Waals surface area contributed by atoms with E-state index in [1.54, 1.807) is 30.6 Å². The summed E-state index contributed by atoms with van der Waals surface area (Å²) in [6.07, 6.45) is -4.52. The summed E-state index contributed by atoms with van der Waals surface area (Å²) in [7, 11) is 0. The minimum absolute atomic E-state index is 0.166. The number of carbonyl (C=O) groups is 2. The highest BCUT2D eigenvalue weighted by molar-refractivity contribution is 5.75. The molecule has 10 heteroatoms. The van der Waals surface area contributed by atoms with Crippen molar-refractivity contribution in [3.63, 3.8) is 0 Å². The van der Waals surface area contributed by atoms with Crippen molar-refractivity contribution >= 4 is 12.1 Å². The van der Waals surface area contributed by atoms with Crippen molar-refractivity contribution in [1.29, 1.82) is 0 Å². The van der Waals surface area contributed by atoms with Crippen LogP contribution in [0.25, 0.3) is 0 Å². The highest BCUT2D eigenvalue weighted by Crippen LogP contribution is 2.33. The SMILES string of the molecule is CC(C)(C)OC(=O)NC1CC(c2ccc(C(F)(F)F)cc2)CN(C(=O)N2CCOCC2)C1. The number of piperidine rings is 1. The molecule has 0 radical (unpaired) electrons. The number of nitrogens with zero attached hydrogens (tertiary/aromatic N) is 2. The second-order valence-electron chi connectivity index (χ2n) is 9.18. The molecule has 1 aromatic rings. The molecule has 0 bridgehead atoms. The summed E-state index contributed by atoms with van der Waals surface area (Å²) in [5.41, 5.74) is -0.704. The highest BCUT2D eigenvalue weighted by atomic mass is 19.4. The molecule has 2 unspecified atom stereocenters. The van der Waals surface area contributed by atoms with E-state index >= 15 is 0 Å². The van der Waals surface area contributed by atoms with E-state index in [1.807, 2.05) is 0 Å². The van der Waals surface area contributed by atoms with Crippen LogP contribution in [0.15, 0.2) is 24.3 Å². The zero-order valence-electron chi connectivity index (χ0n) is 18.6. The number of hydrogen-bond donors (Lipinski definition) is 1. The topological polar surface area (TPSA) is 71.1 Å². The molecule has 2 fully saturated rings. The van der Waals surface area contributed by atoms with Crippen LogP contribution in [0.4, 0.5) is 22.8 Å². The standard InChI is InChI=1S/C22H30F3N3O4/c1-21(2,3)32-19(29)26-18-12-16(15-4-6-17(7-5-15)22(23,24)25)13-28(14-18)20(30)27-8-10-31-11-9-27/h4-7,16,18H,8-14H2,1-3H3,(H,26,29). The van der Waals surface area contributed by atoms with Gasteiger partial charge in [-0.15, -0.1) is 0 Å². The lowest BCUT2D eigenvalue weighted by Gasteiger charge is -2.41. The first-order valence-electron chi connectivity index (χ1n) is 10.7. The number of amides is 3. The molecule has 1 aromatic carbocycles. The van der Waals surface area contributed by atoms with Crippen LogP contribution >= 0.6 is 0 Å². The van der Waals surface area contributed by atoms with Crippen LogP contribution in [0.2, 0.25) is 0 Å². The van der Waals surface area contributed by atoms with Gasteiger partial charge < -0.3 is 24.6 Å². The fourth-order valence-electron chi connectivity index (χ4n) is 3.97. The zero-order chi connectivity index (χ0) is 23.5. The predicted octanol–water partition coefficient (Wildman–Crippen LogP) is 3.84. The van der Waals surface area contributed by atoms with Crippen molar-refractivity contribution in [3.8, 4) is 0 Å². The first-order valence-corrected chi connectivity index (χ1v) is 10.7. The molecule has 3 rings (SSSR count). The summed E-state index contributed by atoms with van der Waals surface area (Å²) in [4.78, 5) is 28.7. The van der Waals surface area contributed by atoms with Crippen LogP contribution < -0.4 is 5.32 Å². The Labute approximate surface area is 185 Å². The number of nitrogens with one attached hydrogen (secondary N) is 1. The van der Waals surface area contributed by atoms with Gasteiger partial charge in [0, 0.05) is 32.1 Å². The molecular formula is C22H30F3N3O4. The summed E-state index contributed by atoms with van der Waals surface area (Å²) in [6, 6.07) is 4.43. The van der Waals surface area contributed by atoms with Crippen LogP contribution in [-0.4, -0.2) is 73.0 Å². The molecule has 0 aromatic heterocycles. The summed E-state index contributed by atoms with van der Waals surface area (Å²) >= 11 is 0. The molecule has 0 spiro atoms. The Balaban J connectivity index is 1.77. The number of urea groups is 1. The van der Waals surface area contributed by atoms with E-state index in [0.29, 0.717) is 51.4 Å². The third-order valence-corrected chi connectivity index (χ3v) is 5.43. The Hall–Kier alpha value is -2.49. The van der Waals surface area contributed by atoms with Crippen molar-refractivity contribution in [1.82, 2.24) is 15.1 Å². The maximum atomic E-state index is 13.1. The van der Waals surface area contributed by atoms with Gasteiger partial charge in [0.05, 0.1) is 24.8 Å². The minimum atomic E-state index is -4.41. The molecule has 0 saturated carbocycles. The quantitative estimate of drug-likeness (QED) is 0.733. The Morgan fingerprint density at radius 2 is 1.66 bits per heavy atom. The average Bonchev–Trinajstić information content (AvgIpc) is 2.71.